The minimum Gasteiger partial charge on any atom is -0.381 e. The van der Waals surface area contributed by atoms with E-state index in [4.69, 9.17) is 4.74 Å². The van der Waals surface area contributed by atoms with Gasteiger partial charge in [0.15, 0.2) is 0 Å². The van der Waals surface area contributed by atoms with Crippen LogP contribution in [0.3, 0.4) is 0 Å². The van der Waals surface area contributed by atoms with Gasteiger partial charge < -0.3 is 15.4 Å². The third-order valence-corrected chi connectivity index (χ3v) is 3.66. The number of ether oxygens (including phenoxy) is 1. The summed E-state index contributed by atoms with van der Waals surface area (Å²) in [5.41, 5.74) is 0. The first kappa shape index (κ1) is 14.5. The van der Waals surface area contributed by atoms with Crippen LogP contribution in [0.4, 0.5) is 0 Å². The van der Waals surface area contributed by atoms with Gasteiger partial charge in [0.25, 0.3) is 0 Å². The van der Waals surface area contributed by atoms with Crippen LogP contribution in [0.25, 0.3) is 0 Å². The Morgan fingerprint density at radius 1 is 1.35 bits per heavy atom. The van der Waals surface area contributed by atoms with Gasteiger partial charge in [-0.1, -0.05) is 13.8 Å². The van der Waals surface area contributed by atoms with Crippen molar-refractivity contribution in [1.82, 2.24) is 10.6 Å². The van der Waals surface area contributed by atoms with Crippen molar-refractivity contribution >= 4 is 5.91 Å². The third-order valence-electron chi connectivity index (χ3n) is 3.66. The zero-order valence-corrected chi connectivity index (χ0v) is 11.5. The van der Waals surface area contributed by atoms with Crippen LogP contribution in [-0.2, 0) is 9.53 Å². The number of hydrogen-bond donors (Lipinski definition) is 2. The van der Waals surface area contributed by atoms with Crippen molar-refractivity contribution in [2.45, 2.75) is 58.2 Å². The molecule has 3 atom stereocenters. The Bertz CT molecular complexity index is 244. The van der Waals surface area contributed by atoms with Crippen LogP contribution in [-0.4, -0.2) is 37.7 Å². The van der Waals surface area contributed by atoms with Crippen LogP contribution < -0.4 is 10.6 Å². The van der Waals surface area contributed by atoms with Crippen LogP contribution in [0.15, 0.2) is 0 Å². The number of methoxy groups -OCH3 is 1. The fraction of sp³-hybridized carbons (Fsp3) is 0.923. The monoisotopic (exact) mass is 242 g/mol. The number of carbonyl (C=O) groups excluding carboxylic acids is 1. The Labute approximate surface area is 104 Å². The van der Waals surface area contributed by atoms with E-state index in [9.17, 15) is 4.79 Å². The molecule has 0 heterocycles. The van der Waals surface area contributed by atoms with E-state index in [1.54, 1.807) is 7.11 Å². The fourth-order valence-electron chi connectivity index (χ4n) is 2.05. The molecule has 1 aliphatic rings. The maximum absolute atomic E-state index is 11.7. The summed E-state index contributed by atoms with van der Waals surface area (Å²) < 4.78 is 5.30. The molecule has 1 saturated carbocycles. The largest absolute Gasteiger partial charge is 0.381 e. The van der Waals surface area contributed by atoms with Crippen LogP contribution in [0, 0.1) is 5.92 Å². The van der Waals surface area contributed by atoms with Crippen molar-refractivity contribution < 1.29 is 9.53 Å². The molecule has 1 rings (SSSR count). The number of nitrogens with one attached hydrogen (secondary N) is 2. The molecule has 100 valence electrons. The summed E-state index contributed by atoms with van der Waals surface area (Å²) in [4.78, 5) is 11.7. The van der Waals surface area contributed by atoms with E-state index in [1.165, 1.54) is 0 Å². The fourth-order valence-corrected chi connectivity index (χ4v) is 2.05. The summed E-state index contributed by atoms with van der Waals surface area (Å²) in [6, 6.07) is 0.666. The van der Waals surface area contributed by atoms with E-state index in [-0.39, 0.29) is 11.9 Å². The average molecular weight is 242 g/mol. The number of hydrogen-bond acceptors (Lipinski definition) is 3. The SMILES string of the molecule is COC1CCC(NCC(=O)NC(C)C(C)C)C1. The molecule has 0 bridgehead atoms. The lowest BCUT2D eigenvalue weighted by molar-refractivity contribution is -0.121. The predicted molar refractivity (Wildman–Crippen MR) is 68.9 cm³/mol. The number of carbonyl (C=O) groups is 1. The standard InChI is InChI=1S/C13H26N2O2/c1-9(2)10(3)15-13(16)8-14-11-5-6-12(7-11)17-4/h9-12,14H,5-8H2,1-4H3,(H,15,16). The summed E-state index contributed by atoms with van der Waals surface area (Å²) in [6.45, 7) is 6.67. The summed E-state index contributed by atoms with van der Waals surface area (Å²) in [5, 5.41) is 6.29. The number of amides is 1. The maximum Gasteiger partial charge on any atom is 0.234 e. The summed E-state index contributed by atoms with van der Waals surface area (Å²) in [6.07, 6.45) is 3.58. The van der Waals surface area contributed by atoms with Gasteiger partial charge in [0.05, 0.1) is 12.6 Å². The van der Waals surface area contributed by atoms with E-state index in [1.807, 2.05) is 6.92 Å². The van der Waals surface area contributed by atoms with Crippen molar-refractivity contribution in [2.75, 3.05) is 13.7 Å². The van der Waals surface area contributed by atoms with Gasteiger partial charge in [-0.15, -0.1) is 0 Å². The van der Waals surface area contributed by atoms with Gasteiger partial charge in [0.1, 0.15) is 0 Å². The normalized spacial score (nSPS) is 26.2. The smallest absolute Gasteiger partial charge is 0.234 e. The minimum absolute atomic E-state index is 0.0899. The molecular weight excluding hydrogens is 216 g/mol. The molecular formula is C13H26N2O2. The second-order valence-electron chi connectivity index (χ2n) is 5.35. The summed E-state index contributed by atoms with van der Waals surface area (Å²) in [5.74, 6) is 0.565. The Hall–Kier alpha value is -0.610. The first-order chi connectivity index (χ1) is 8.02. The van der Waals surface area contributed by atoms with Gasteiger partial charge in [-0.05, 0) is 32.1 Å². The lowest BCUT2D eigenvalue weighted by Gasteiger charge is -2.18. The Balaban J connectivity index is 2.16. The van der Waals surface area contributed by atoms with Gasteiger partial charge >= 0.3 is 0 Å². The van der Waals surface area contributed by atoms with Crippen molar-refractivity contribution in [3.8, 4) is 0 Å². The Morgan fingerprint density at radius 2 is 2.06 bits per heavy atom. The molecule has 0 saturated heterocycles. The lowest BCUT2D eigenvalue weighted by Crippen LogP contribution is -2.43. The molecule has 4 nitrogen and oxygen atoms in total. The molecule has 1 amide bonds. The van der Waals surface area contributed by atoms with Crippen LogP contribution in [0.2, 0.25) is 0 Å². The van der Waals surface area contributed by atoms with E-state index in [0.717, 1.165) is 19.3 Å². The van der Waals surface area contributed by atoms with E-state index in [2.05, 4.69) is 24.5 Å². The van der Waals surface area contributed by atoms with Crippen LogP contribution in [0.1, 0.15) is 40.0 Å². The Kier molecular flexibility index (Phi) is 5.92. The van der Waals surface area contributed by atoms with Crippen molar-refractivity contribution in [2.24, 2.45) is 5.92 Å². The van der Waals surface area contributed by atoms with Gasteiger partial charge in [-0.2, -0.15) is 0 Å². The van der Waals surface area contributed by atoms with Crippen molar-refractivity contribution in [1.29, 1.82) is 0 Å². The molecule has 0 aromatic carbocycles. The zero-order valence-electron chi connectivity index (χ0n) is 11.5. The number of rotatable bonds is 6. The van der Waals surface area contributed by atoms with Gasteiger partial charge in [-0.3, -0.25) is 4.79 Å². The maximum atomic E-state index is 11.7. The molecule has 0 aromatic rings. The van der Waals surface area contributed by atoms with Crippen LogP contribution >= 0.6 is 0 Å². The topological polar surface area (TPSA) is 50.4 Å². The van der Waals surface area contributed by atoms with Crippen molar-refractivity contribution in [3.63, 3.8) is 0 Å². The lowest BCUT2D eigenvalue weighted by atomic mass is 10.1. The van der Waals surface area contributed by atoms with Crippen LogP contribution in [0.5, 0.6) is 0 Å². The highest BCUT2D eigenvalue weighted by Gasteiger charge is 2.24. The predicted octanol–water partition coefficient (Wildman–Crippen LogP) is 1.30. The molecule has 0 aliphatic heterocycles. The molecule has 0 aromatic heterocycles. The van der Waals surface area contributed by atoms with Crippen molar-refractivity contribution in [3.05, 3.63) is 0 Å². The first-order valence-corrected chi connectivity index (χ1v) is 6.58. The molecule has 0 radical (unpaired) electrons. The second kappa shape index (κ2) is 6.97. The highest BCUT2D eigenvalue weighted by Crippen LogP contribution is 2.20. The minimum atomic E-state index is 0.0899. The molecule has 0 spiro atoms. The molecule has 2 N–H and O–H groups in total. The molecule has 1 fully saturated rings. The van der Waals surface area contributed by atoms with E-state index in [0.29, 0.717) is 24.6 Å². The van der Waals surface area contributed by atoms with Gasteiger partial charge in [-0.25, -0.2) is 0 Å². The molecule has 3 unspecified atom stereocenters. The van der Waals surface area contributed by atoms with E-state index >= 15 is 0 Å². The first-order valence-electron chi connectivity index (χ1n) is 6.58. The molecule has 17 heavy (non-hydrogen) atoms. The average Bonchev–Trinajstić information content (AvgIpc) is 2.74. The molecule has 1 aliphatic carbocycles. The third kappa shape index (κ3) is 5.04. The zero-order chi connectivity index (χ0) is 12.8. The van der Waals surface area contributed by atoms with Gasteiger partial charge in [0, 0.05) is 19.2 Å². The summed E-state index contributed by atoms with van der Waals surface area (Å²) in [7, 11) is 1.75. The van der Waals surface area contributed by atoms with Gasteiger partial charge in [0.2, 0.25) is 5.91 Å². The molecule has 4 heteroatoms. The highest BCUT2D eigenvalue weighted by atomic mass is 16.5. The summed E-state index contributed by atoms with van der Waals surface area (Å²) >= 11 is 0. The van der Waals surface area contributed by atoms with E-state index < -0.39 is 0 Å². The second-order valence-corrected chi connectivity index (χ2v) is 5.35. The Morgan fingerprint density at radius 3 is 2.59 bits per heavy atom. The quantitative estimate of drug-likeness (QED) is 0.738. The highest BCUT2D eigenvalue weighted by molar-refractivity contribution is 5.78.